The van der Waals surface area contributed by atoms with E-state index in [2.05, 4.69) is 5.73 Å². The highest BCUT2D eigenvalue weighted by Gasteiger charge is 2.20. The monoisotopic (exact) mass is 665 g/mol. The predicted molar refractivity (Wildman–Crippen MR) is 182 cm³/mol. The summed E-state index contributed by atoms with van der Waals surface area (Å²) in [6.45, 7) is -0.521. The molecule has 0 bridgehead atoms. The highest BCUT2D eigenvalue weighted by Crippen LogP contribution is 2.20. The first-order chi connectivity index (χ1) is 22.5. The SMILES string of the molecule is C.NC(CO)(CO)CO.O=C([O-])Cc1ccc(-c2ccccc2)cc1.O=C([O-])Cc1ccc(-c2ccccc2)cc1.[NH3+]CC(CO)CO. The van der Waals surface area contributed by atoms with Gasteiger partial charge in [0.2, 0.25) is 0 Å². The van der Waals surface area contributed by atoms with Gasteiger partial charge in [-0.15, -0.1) is 0 Å². The molecule has 0 aromatic heterocycles. The quantitative estimate of drug-likeness (QED) is 0.102. The van der Waals surface area contributed by atoms with Crippen LogP contribution >= 0.6 is 0 Å². The lowest BCUT2D eigenvalue weighted by atomic mass is 10.0. The third-order valence-corrected chi connectivity index (χ3v) is 6.69. The molecule has 11 nitrogen and oxygen atoms in total. The van der Waals surface area contributed by atoms with Crippen LogP contribution in [-0.4, -0.2) is 82.6 Å². The number of benzene rings is 4. The molecule has 11 heteroatoms. The molecular weight excluding hydrogens is 616 g/mol. The lowest BCUT2D eigenvalue weighted by molar-refractivity contribution is -0.381. The molecule has 0 fully saturated rings. The molecule has 0 heterocycles. The molecule has 4 rings (SSSR count). The minimum Gasteiger partial charge on any atom is -0.550 e. The van der Waals surface area contributed by atoms with Crippen LogP contribution in [0.3, 0.4) is 0 Å². The van der Waals surface area contributed by atoms with E-state index in [1.54, 1.807) is 0 Å². The van der Waals surface area contributed by atoms with E-state index in [1.165, 1.54) is 0 Å². The van der Waals surface area contributed by atoms with Crippen molar-refractivity contribution in [2.45, 2.75) is 25.8 Å². The summed E-state index contributed by atoms with van der Waals surface area (Å²) in [5.41, 5.74) is 13.4. The number of hydrogen-bond donors (Lipinski definition) is 7. The first-order valence-corrected chi connectivity index (χ1v) is 14.9. The normalized spacial score (nSPS) is 10.2. The van der Waals surface area contributed by atoms with Crippen molar-refractivity contribution < 1.29 is 51.1 Å². The number of quaternary nitrogens is 1. The fourth-order valence-electron chi connectivity index (χ4n) is 3.61. The molecular formula is C37H49N2O9-. The first-order valence-electron chi connectivity index (χ1n) is 14.9. The van der Waals surface area contributed by atoms with Crippen LogP contribution in [0.25, 0.3) is 22.3 Å². The second kappa shape index (κ2) is 24.7. The lowest BCUT2D eigenvalue weighted by Gasteiger charge is -2.20. The van der Waals surface area contributed by atoms with Crippen molar-refractivity contribution in [3.8, 4) is 22.3 Å². The zero-order chi connectivity index (χ0) is 35.1. The second-order valence-electron chi connectivity index (χ2n) is 10.6. The Bertz CT molecular complexity index is 1290. The number of carbonyl (C=O) groups is 2. The number of carbonyl (C=O) groups excluding carboxylic acids is 2. The van der Waals surface area contributed by atoms with E-state index in [-0.39, 0.29) is 39.4 Å². The lowest BCUT2D eigenvalue weighted by Crippen LogP contribution is -2.55. The Morgan fingerprint density at radius 1 is 0.583 bits per heavy atom. The smallest absolute Gasteiger partial charge is 0.0856 e. The summed E-state index contributed by atoms with van der Waals surface area (Å²) in [6, 6.07) is 34.9. The minimum atomic E-state index is -1.21. The van der Waals surface area contributed by atoms with Crippen LogP contribution in [0.15, 0.2) is 109 Å². The molecule has 0 saturated heterocycles. The summed E-state index contributed by atoms with van der Waals surface area (Å²) in [7, 11) is 0. The van der Waals surface area contributed by atoms with E-state index in [0.29, 0.717) is 6.54 Å². The van der Waals surface area contributed by atoms with Crippen molar-refractivity contribution in [1.29, 1.82) is 0 Å². The zero-order valence-electron chi connectivity index (χ0n) is 26.3. The van der Waals surface area contributed by atoms with Crippen molar-refractivity contribution in [2.75, 3.05) is 39.6 Å². The summed E-state index contributed by atoms with van der Waals surface area (Å²) < 4.78 is 0. The molecule has 0 aliphatic rings. The summed E-state index contributed by atoms with van der Waals surface area (Å²) in [5.74, 6) is -2.11. The number of carboxylic acid groups (broad SMARTS) is 2. The van der Waals surface area contributed by atoms with E-state index in [1.807, 2.05) is 109 Å². The van der Waals surface area contributed by atoms with E-state index < -0.39 is 37.3 Å². The fraction of sp³-hybridized carbons (Fsp3) is 0.297. The molecule has 48 heavy (non-hydrogen) atoms. The van der Waals surface area contributed by atoms with Gasteiger partial charge in [-0.1, -0.05) is 117 Å². The van der Waals surface area contributed by atoms with Gasteiger partial charge >= 0.3 is 0 Å². The Kier molecular flexibility index (Phi) is 22.4. The van der Waals surface area contributed by atoms with Crippen LogP contribution in [0.2, 0.25) is 0 Å². The molecule has 10 N–H and O–H groups in total. The topological polar surface area (TPSA) is 235 Å². The molecule has 4 aromatic carbocycles. The number of rotatable bonds is 12. The average Bonchev–Trinajstić information content (AvgIpc) is 3.10. The van der Waals surface area contributed by atoms with Crippen molar-refractivity contribution in [3.63, 3.8) is 0 Å². The number of aliphatic hydroxyl groups is 5. The fourth-order valence-corrected chi connectivity index (χ4v) is 3.61. The van der Waals surface area contributed by atoms with Crippen LogP contribution in [0, 0.1) is 5.92 Å². The maximum Gasteiger partial charge on any atom is 0.0856 e. The molecule has 0 amide bonds. The Morgan fingerprint density at radius 3 is 1.06 bits per heavy atom. The van der Waals surface area contributed by atoms with E-state index in [4.69, 9.17) is 31.3 Å². The van der Waals surface area contributed by atoms with Crippen molar-refractivity contribution >= 4 is 11.9 Å². The Morgan fingerprint density at radius 2 is 0.875 bits per heavy atom. The third-order valence-electron chi connectivity index (χ3n) is 6.69. The number of nitrogens with two attached hydrogens (primary N) is 1. The van der Waals surface area contributed by atoms with Crippen molar-refractivity contribution in [2.24, 2.45) is 11.7 Å². The van der Waals surface area contributed by atoms with Gasteiger partial charge in [-0.2, -0.15) is 0 Å². The van der Waals surface area contributed by atoms with Crippen LogP contribution in [0.4, 0.5) is 0 Å². The Labute approximate surface area is 282 Å². The van der Waals surface area contributed by atoms with Gasteiger partial charge in [0.05, 0.1) is 51.0 Å². The molecule has 0 spiro atoms. The number of carboxylic acids is 2. The average molecular weight is 666 g/mol. The minimum absolute atomic E-state index is 0. The zero-order valence-corrected chi connectivity index (χ0v) is 26.3. The Hall–Kier alpha value is -4.46. The number of aliphatic hydroxyl groups excluding tert-OH is 5. The van der Waals surface area contributed by atoms with E-state index >= 15 is 0 Å². The first kappa shape index (κ1) is 43.5. The van der Waals surface area contributed by atoms with E-state index in [0.717, 1.165) is 33.4 Å². The predicted octanol–water partition coefficient (Wildman–Crippen LogP) is -0.582. The van der Waals surface area contributed by atoms with Crippen molar-refractivity contribution in [3.05, 3.63) is 120 Å². The van der Waals surface area contributed by atoms with Gasteiger partial charge in [0.1, 0.15) is 0 Å². The maximum atomic E-state index is 10.4. The van der Waals surface area contributed by atoms with Gasteiger partial charge in [-0.25, -0.2) is 0 Å². The second-order valence-corrected chi connectivity index (χ2v) is 10.6. The third kappa shape index (κ3) is 17.5. The maximum absolute atomic E-state index is 10.4. The highest BCUT2D eigenvalue weighted by atomic mass is 16.4. The van der Waals surface area contributed by atoms with Gasteiger partial charge in [-0.3, -0.25) is 0 Å². The molecule has 0 aliphatic carbocycles. The molecule has 0 unspecified atom stereocenters. The molecule has 262 valence electrons. The van der Waals surface area contributed by atoms with Gasteiger partial charge in [-0.05, 0) is 33.4 Å². The molecule has 0 radical (unpaired) electrons. The highest BCUT2D eigenvalue weighted by molar-refractivity contribution is 5.70. The van der Waals surface area contributed by atoms with Crippen LogP contribution in [0.5, 0.6) is 0 Å². The summed E-state index contributed by atoms with van der Waals surface area (Å²) in [5, 5.41) is 62.5. The molecule has 0 aliphatic heterocycles. The van der Waals surface area contributed by atoms with Gasteiger partial charge in [0.25, 0.3) is 0 Å². The summed E-state index contributed by atoms with van der Waals surface area (Å²) >= 11 is 0. The standard InChI is InChI=1S/2C14H12O2.C4H11NO3.C4H11NO2.CH4/c2*15-14(16)10-11-6-8-13(9-7-11)12-4-2-1-3-5-12;5-4(1-6,2-7)3-8;5-1-4(2-6)3-7;/h2*1-9H,10H2,(H,15,16);6-8H,1-3,5H2;4,6-7H,1-3,5H2;1H4/p-1. The summed E-state index contributed by atoms with van der Waals surface area (Å²) in [4.78, 5) is 20.8. The van der Waals surface area contributed by atoms with Crippen LogP contribution in [0.1, 0.15) is 18.6 Å². The molecule has 0 atom stereocenters. The number of hydrogen-bond acceptors (Lipinski definition) is 10. The van der Waals surface area contributed by atoms with Gasteiger partial charge < -0.3 is 56.8 Å². The largest absolute Gasteiger partial charge is 0.550 e. The number of aliphatic carboxylic acids is 2. The molecule has 4 aromatic rings. The van der Waals surface area contributed by atoms with Gasteiger partial charge in [0.15, 0.2) is 0 Å². The van der Waals surface area contributed by atoms with Crippen LogP contribution < -0.4 is 21.7 Å². The van der Waals surface area contributed by atoms with E-state index in [9.17, 15) is 19.8 Å². The summed E-state index contributed by atoms with van der Waals surface area (Å²) in [6.07, 6.45) is -0.0653. The Balaban J connectivity index is 0.000000650. The van der Waals surface area contributed by atoms with Gasteiger partial charge in [0, 0.05) is 24.8 Å². The van der Waals surface area contributed by atoms with Crippen molar-refractivity contribution in [1.82, 2.24) is 0 Å². The van der Waals surface area contributed by atoms with Crippen LogP contribution in [-0.2, 0) is 22.4 Å². The molecule has 0 saturated carbocycles.